The van der Waals surface area contributed by atoms with Crippen molar-refractivity contribution in [3.63, 3.8) is 0 Å². The van der Waals surface area contributed by atoms with Gasteiger partial charge in [0, 0.05) is 19.8 Å². The lowest BCUT2D eigenvalue weighted by atomic mass is 10.3. The average Bonchev–Trinajstić information content (AvgIpc) is 2.25. The van der Waals surface area contributed by atoms with Crippen LogP contribution in [-0.4, -0.2) is 38.6 Å². The van der Waals surface area contributed by atoms with E-state index in [0.29, 0.717) is 0 Å². The number of nitrogens with zero attached hydrogens (tertiary/aromatic N) is 1. The fourth-order valence-electron chi connectivity index (χ4n) is 1.11. The van der Waals surface area contributed by atoms with Crippen molar-refractivity contribution in [3.05, 3.63) is 22.7 Å². The average molecular weight is 287 g/mol. The second kappa shape index (κ2) is 5.75. The Morgan fingerprint density at radius 3 is 2.69 bits per heavy atom. The highest BCUT2D eigenvalue weighted by atomic mass is 79.9. The van der Waals surface area contributed by atoms with Gasteiger partial charge in [0.15, 0.2) is 0 Å². The first kappa shape index (κ1) is 12.8. The van der Waals surface area contributed by atoms with Crippen molar-refractivity contribution in [3.8, 4) is 5.75 Å². The van der Waals surface area contributed by atoms with E-state index in [2.05, 4.69) is 21.2 Å². The maximum absolute atomic E-state index is 11.4. The summed E-state index contributed by atoms with van der Waals surface area (Å²) < 4.78 is 5.97. The van der Waals surface area contributed by atoms with Gasteiger partial charge in [0.05, 0.1) is 18.1 Å². The number of halogens is 1. The van der Waals surface area contributed by atoms with Crippen LogP contribution in [-0.2, 0) is 4.79 Å². The summed E-state index contributed by atoms with van der Waals surface area (Å²) in [5.74, 6) is 0.802. The van der Waals surface area contributed by atoms with Crippen molar-refractivity contribution < 1.29 is 9.53 Å². The van der Waals surface area contributed by atoms with E-state index in [0.717, 1.165) is 15.9 Å². The molecule has 0 aliphatic heterocycles. The van der Waals surface area contributed by atoms with Gasteiger partial charge in [-0.15, -0.1) is 0 Å². The molecule has 1 rings (SSSR count). The lowest BCUT2D eigenvalue weighted by Gasteiger charge is -2.12. The first-order chi connectivity index (χ1) is 7.54. The van der Waals surface area contributed by atoms with E-state index in [1.54, 1.807) is 26.1 Å². The second-order valence-electron chi connectivity index (χ2n) is 3.49. The maximum Gasteiger partial charge on any atom is 0.241 e. The molecule has 0 radical (unpaired) electrons. The van der Waals surface area contributed by atoms with Gasteiger partial charge in [-0.1, -0.05) is 0 Å². The Balaban J connectivity index is 2.62. The summed E-state index contributed by atoms with van der Waals surface area (Å²) >= 11 is 3.38. The zero-order valence-corrected chi connectivity index (χ0v) is 11.2. The Hall–Kier alpha value is -1.23. The Labute approximate surface area is 104 Å². The van der Waals surface area contributed by atoms with E-state index in [1.165, 1.54) is 0 Å². The van der Waals surface area contributed by atoms with Crippen LogP contribution in [0.3, 0.4) is 0 Å². The minimum atomic E-state index is 0.0342. The smallest absolute Gasteiger partial charge is 0.241 e. The summed E-state index contributed by atoms with van der Waals surface area (Å²) in [7, 11) is 5.07. The molecule has 5 heteroatoms. The van der Waals surface area contributed by atoms with Gasteiger partial charge in [0.25, 0.3) is 0 Å². The minimum absolute atomic E-state index is 0.0342. The molecule has 0 bridgehead atoms. The van der Waals surface area contributed by atoms with Crippen molar-refractivity contribution in [2.45, 2.75) is 0 Å². The van der Waals surface area contributed by atoms with Crippen molar-refractivity contribution in [1.82, 2.24) is 4.90 Å². The van der Waals surface area contributed by atoms with Gasteiger partial charge in [0.2, 0.25) is 5.91 Å². The molecule has 0 heterocycles. The van der Waals surface area contributed by atoms with Crippen LogP contribution in [0.25, 0.3) is 0 Å². The lowest BCUT2D eigenvalue weighted by Crippen LogP contribution is -2.28. The summed E-state index contributed by atoms with van der Waals surface area (Å²) in [5, 5.41) is 3.04. The van der Waals surface area contributed by atoms with E-state index in [9.17, 15) is 4.79 Å². The van der Waals surface area contributed by atoms with E-state index in [-0.39, 0.29) is 12.5 Å². The van der Waals surface area contributed by atoms with Crippen molar-refractivity contribution >= 4 is 27.5 Å². The number of carbonyl (C=O) groups is 1. The molecule has 0 spiro atoms. The van der Waals surface area contributed by atoms with Crippen molar-refractivity contribution in [2.75, 3.05) is 33.1 Å². The largest absolute Gasteiger partial charge is 0.496 e. The van der Waals surface area contributed by atoms with Crippen molar-refractivity contribution in [2.24, 2.45) is 0 Å². The molecular formula is C11H15BrN2O2. The Morgan fingerprint density at radius 2 is 2.19 bits per heavy atom. The summed E-state index contributed by atoms with van der Waals surface area (Å²) in [6, 6.07) is 5.58. The fourth-order valence-corrected chi connectivity index (χ4v) is 1.65. The molecule has 0 aromatic heterocycles. The highest BCUT2D eigenvalue weighted by Crippen LogP contribution is 2.27. The molecule has 1 amide bonds. The number of likely N-dealkylation sites (N-methyl/N-ethyl adjacent to an activating group) is 1. The number of carbonyl (C=O) groups excluding carboxylic acids is 1. The normalized spacial score (nSPS) is 9.75. The Morgan fingerprint density at radius 1 is 1.50 bits per heavy atom. The number of amides is 1. The molecule has 16 heavy (non-hydrogen) atoms. The van der Waals surface area contributed by atoms with Crippen LogP contribution in [0, 0.1) is 0 Å². The quantitative estimate of drug-likeness (QED) is 0.920. The summed E-state index contributed by atoms with van der Waals surface area (Å²) in [4.78, 5) is 12.9. The van der Waals surface area contributed by atoms with E-state index >= 15 is 0 Å². The monoisotopic (exact) mass is 286 g/mol. The number of benzene rings is 1. The maximum atomic E-state index is 11.4. The molecule has 4 nitrogen and oxygen atoms in total. The molecule has 0 fully saturated rings. The van der Waals surface area contributed by atoms with Gasteiger partial charge < -0.3 is 15.0 Å². The third-order valence-electron chi connectivity index (χ3n) is 2.09. The molecule has 88 valence electrons. The zero-order valence-electron chi connectivity index (χ0n) is 9.58. The van der Waals surface area contributed by atoms with Gasteiger partial charge in [-0.25, -0.2) is 0 Å². The Kier molecular flexibility index (Phi) is 4.61. The van der Waals surface area contributed by atoms with E-state index < -0.39 is 0 Å². The molecule has 0 saturated carbocycles. The topological polar surface area (TPSA) is 41.6 Å². The number of nitrogens with one attached hydrogen (secondary N) is 1. The predicted octanol–water partition coefficient (Wildman–Crippen LogP) is 1.96. The van der Waals surface area contributed by atoms with E-state index in [4.69, 9.17) is 4.74 Å². The van der Waals surface area contributed by atoms with Crippen LogP contribution in [0.2, 0.25) is 0 Å². The number of methoxy groups -OCH3 is 1. The minimum Gasteiger partial charge on any atom is -0.496 e. The fraction of sp³-hybridized carbons (Fsp3) is 0.364. The molecule has 1 aromatic carbocycles. The van der Waals surface area contributed by atoms with Crippen LogP contribution in [0.1, 0.15) is 0 Å². The second-order valence-corrected chi connectivity index (χ2v) is 4.35. The molecule has 1 N–H and O–H groups in total. The number of hydrogen-bond acceptors (Lipinski definition) is 3. The predicted molar refractivity (Wildman–Crippen MR) is 67.9 cm³/mol. The highest BCUT2D eigenvalue weighted by molar-refractivity contribution is 9.10. The third-order valence-corrected chi connectivity index (χ3v) is 2.71. The molecule has 0 atom stereocenters. The van der Waals surface area contributed by atoms with Crippen LogP contribution in [0.5, 0.6) is 5.75 Å². The summed E-state index contributed by atoms with van der Waals surface area (Å²) in [6.07, 6.45) is 0. The molecule has 0 aliphatic carbocycles. The molecule has 1 aromatic rings. The number of ether oxygens (including phenoxy) is 1. The molecule has 0 unspecified atom stereocenters. The number of anilines is 1. The van der Waals surface area contributed by atoms with Gasteiger partial charge in [-0.05, 0) is 34.1 Å². The standard InChI is InChI=1S/C11H15BrN2O2/c1-14(2)11(15)7-13-8-4-5-10(16-3)9(12)6-8/h4-6,13H,7H2,1-3H3. The zero-order chi connectivity index (χ0) is 12.1. The molecule has 0 aliphatic rings. The third kappa shape index (κ3) is 3.41. The lowest BCUT2D eigenvalue weighted by molar-refractivity contribution is -0.126. The first-order valence-corrected chi connectivity index (χ1v) is 5.61. The van der Waals surface area contributed by atoms with Gasteiger partial charge >= 0.3 is 0 Å². The van der Waals surface area contributed by atoms with Crippen molar-refractivity contribution in [1.29, 1.82) is 0 Å². The summed E-state index contributed by atoms with van der Waals surface area (Å²) in [6.45, 7) is 0.284. The molecular weight excluding hydrogens is 272 g/mol. The van der Waals surface area contributed by atoms with Crippen LogP contribution in [0.15, 0.2) is 22.7 Å². The van der Waals surface area contributed by atoms with Crippen LogP contribution in [0.4, 0.5) is 5.69 Å². The number of hydrogen-bond donors (Lipinski definition) is 1. The van der Waals surface area contributed by atoms with Gasteiger partial charge in [-0.3, -0.25) is 4.79 Å². The summed E-state index contributed by atoms with van der Waals surface area (Å²) in [5.41, 5.74) is 0.878. The first-order valence-electron chi connectivity index (χ1n) is 4.82. The molecule has 0 saturated heterocycles. The Bertz CT molecular complexity index is 380. The van der Waals surface area contributed by atoms with Gasteiger partial charge in [0.1, 0.15) is 5.75 Å². The van der Waals surface area contributed by atoms with E-state index in [1.807, 2.05) is 18.2 Å². The van der Waals surface area contributed by atoms with Crippen LogP contribution >= 0.6 is 15.9 Å². The van der Waals surface area contributed by atoms with Crippen LogP contribution < -0.4 is 10.1 Å². The SMILES string of the molecule is COc1ccc(NCC(=O)N(C)C)cc1Br. The number of rotatable bonds is 4. The highest BCUT2D eigenvalue weighted by Gasteiger charge is 2.05. The van der Waals surface area contributed by atoms with Gasteiger partial charge in [-0.2, -0.15) is 0 Å².